The Labute approximate surface area is 109 Å². The zero-order valence-corrected chi connectivity index (χ0v) is 10.3. The lowest BCUT2D eigenvalue weighted by molar-refractivity contribution is -0.385. The van der Waals surface area contributed by atoms with E-state index in [0.29, 0.717) is 12.5 Å². The maximum Gasteiger partial charge on any atom is 0.288 e. The minimum absolute atomic E-state index is 0.0216. The monoisotopic (exact) mass is 269 g/mol. The quantitative estimate of drug-likeness (QED) is 0.516. The first kappa shape index (κ1) is 12.8. The Kier molecular flexibility index (Phi) is 3.76. The van der Waals surface area contributed by atoms with Crippen molar-refractivity contribution in [2.24, 2.45) is 5.92 Å². The second-order valence-electron chi connectivity index (χ2n) is 4.30. The molecule has 0 radical (unpaired) electrons. The molecule has 1 aromatic rings. The van der Waals surface area contributed by atoms with Gasteiger partial charge in [-0.25, -0.2) is 4.98 Å². The van der Waals surface area contributed by atoms with Crippen molar-refractivity contribution in [2.75, 3.05) is 6.54 Å². The van der Waals surface area contributed by atoms with Gasteiger partial charge in [0.15, 0.2) is 0 Å². The standard InChI is InChI=1S/C11H12ClN3O3/c12-10-9(4-8(6-13-10)15(17)18)11(16)14-5-7-2-1-3-7/h4,6-7H,1-3,5H2,(H,14,16). The smallest absolute Gasteiger partial charge is 0.288 e. The van der Waals surface area contributed by atoms with E-state index in [2.05, 4.69) is 10.3 Å². The molecule has 1 saturated carbocycles. The van der Waals surface area contributed by atoms with Crippen molar-refractivity contribution in [3.63, 3.8) is 0 Å². The number of carbonyl (C=O) groups is 1. The summed E-state index contributed by atoms with van der Waals surface area (Å²) < 4.78 is 0. The topological polar surface area (TPSA) is 85.1 Å². The second kappa shape index (κ2) is 5.30. The highest BCUT2D eigenvalue weighted by atomic mass is 35.5. The number of nitro groups is 1. The molecule has 1 heterocycles. The molecule has 1 fully saturated rings. The van der Waals surface area contributed by atoms with Crippen LogP contribution in [-0.4, -0.2) is 22.4 Å². The Bertz CT molecular complexity index is 488. The van der Waals surface area contributed by atoms with E-state index < -0.39 is 10.8 Å². The van der Waals surface area contributed by atoms with Gasteiger partial charge in [-0.3, -0.25) is 14.9 Å². The number of carbonyl (C=O) groups excluding carboxylic acids is 1. The maximum atomic E-state index is 11.8. The third kappa shape index (κ3) is 2.76. The van der Waals surface area contributed by atoms with E-state index in [0.717, 1.165) is 25.1 Å². The van der Waals surface area contributed by atoms with E-state index in [9.17, 15) is 14.9 Å². The van der Waals surface area contributed by atoms with E-state index in [-0.39, 0.29) is 16.4 Å². The first-order valence-corrected chi connectivity index (χ1v) is 6.04. The number of hydrogen-bond donors (Lipinski definition) is 1. The summed E-state index contributed by atoms with van der Waals surface area (Å²) in [7, 11) is 0. The summed E-state index contributed by atoms with van der Waals surface area (Å²) in [5.74, 6) is 0.0995. The van der Waals surface area contributed by atoms with Crippen molar-refractivity contribution in [2.45, 2.75) is 19.3 Å². The molecule has 7 heteroatoms. The summed E-state index contributed by atoms with van der Waals surface area (Å²) >= 11 is 5.76. The Morgan fingerprint density at radius 3 is 2.89 bits per heavy atom. The van der Waals surface area contributed by atoms with Crippen LogP contribution >= 0.6 is 11.6 Å². The molecule has 18 heavy (non-hydrogen) atoms. The Balaban J connectivity index is 2.07. The van der Waals surface area contributed by atoms with Crippen LogP contribution in [0.3, 0.4) is 0 Å². The zero-order valence-electron chi connectivity index (χ0n) is 9.56. The molecule has 0 aromatic carbocycles. The van der Waals surface area contributed by atoms with Gasteiger partial charge in [0.25, 0.3) is 11.6 Å². The first-order chi connectivity index (χ1) is 8.58. The van der Waals surface area contributed by atoms with Gasteiger partial charge in [-0.1, -0.05) is 18.0 Å². The molecule has 2 rings (SSSR count). The molecule has 0 spiro atoms. The summed E-state index contributed by atoms with van der Waals surface area (Å²) in [6.07, 6.45) is 4.45. The highest BCUT2D eigenvalue weighted by Gasteiger charge is 2.21. The predicted molar refractivity (Wildman–Crippen MR) is 65.6 cm³/mol. The minimum atomic E-state index is -0.605. The lowest BCUT2D eigenvalue weighted by Crippen LogP contribution is -2.32. The third-order valence-electron chi connectivity index (χ3n) is 3.06. The summed E-state index contributed by atoms with van der Waals surface area (Å²) in [6.45, 7) is 0.581. The lowest BCUT2D eigenvalue weighted by atomic mass is 9.85. The molecule has 1 N–H and O–H groups in total. The highest BCUT2D eigenvalue weighted by Crippen LogP contribution is 2.25. The van der Waals surface area contributed by atoms with Gasteiger partial charge in [0.2, 0.25) is 0 Å². The predicted octanol–water partition coefficient (Wildman–Crippen LogP) is 2.17. The van der Waals surface area contributed by atoms with Crippen molar-refractivity contribution < 1.29 is 9.72 Å². The average molecular weight is 270 g/mol. The van der Waals surface area contributed by atoms with Gasteiger partial charge in [0.05, 0.1) is 10.5 Å². The number of pyridine rings is 1. The van der Waals surface area contributed by atoms with Crippen LogP contribution in [0.2, 0.25) is 5.15 Å². The van der Waals surface area contributed by atoms with Crippen LogP contribution in [0.4, 0.5) is 5.69 Å². The SMILES string of the molecule is O=C(NCC1CCC1)c1cc([N+](=O)[O-])cnc1Cl. The Hall–Kier alpha value is -1.69. The third-order valence-corrected chi connectivity index (χ3v) is 3.36. The summed E-state index contributed by atoms with van der Waals surface area (Å²) in [6, 6.07) is 1.14. The molecule has 1 aliphatic carbocycles. The van der Waals surface area contributed by atoms with Crippen LogP contribution in [0.25, 0.3) is 0 Å². The molecule has 1 aromatic heterocycles. The van der Waals surface area contributed by atoms with Crippen LogP contribution in [-0.2, 0) is 0 Å². The van der Waals surface area contributed by atoms with Gasteiger partial charge in [0.1, 0.15) is 11.3 Å². The number of nitrogens with zero attached hydrogens (tertiary/aromatic N) is 2. The normalized spacial score (nSPS) is 14.9. The molecule has 1 amide bonds. The number of aromatic nitrogens is 1. The van der Waals surface area contributed by atoms with E-state index in [1.807, 2.05) is 0 Å². The highest BCUT2D eigenvalue weighted by molar-refractivity contribution is 6.32. The summed E-state index contributed by atoms with van der Waals surface area (Å²) in [5.41, 5.74) is -0.196. The van der Waals surface area contributed by atoms with E-state index in [1.165, 1.54) is 6.42 Å². The fourth-order valence-corrected chi connectivity index (χ4v) is 1.91. The first-order valence-electron chi connectivity index (χ1n) is 5.66. The lowest BCUT2D eigenvalue weighted by Gasteiger charge is -2.25. The van der Waals surface area contributed by atoms with E-state index >= 15 is 0 Å². The molecule has 1 aliphatic rings. The average Bonchev–Trinajstić information content (AvgIpc) is 2.26. The molecular formula is C11H12ClN3O3. The van der Waals surface area contributed by atoms with Crippen molar-refractivity contribution >= 4 is 23.2 Å². The maximum absolute atomic E-state index is 11.8. The largest absolute Gasteiger partial charge is 0.352 e. The van der Waals surface area contributed by atoms with E-state index in [4.69, 9.17) is 11.6 Å². The van der Waals surface area contributed by atoms with Crippen molar-refractivity contribution in [3.05, 3.63) is 33.1 Å². The summed E-state index contributed by atoms with van der Waals surface area (Å²) in [5, 5.41) is 13.3. The number of rotatable bonds is 4. The molecule has 0 bridgehead atoms. The molecule has 96 valence electrons. The van der Waals surface area contributed by atoms with Gasteiger partial charge in [-0.15, -0.1) is 0 Å². The minimum Gasteiger partial charge on any atom is -0.352 e. The van der Waals surface area contributed by atoms with Crippen molar-refractivity contribution in [1.82, 2.24) is 10.3 Å². The fourth-order valence-electron chi connectivity index (χ4n) is 1.73. The molecule has 0 atom stereocenters. The Morgan fingerprint density at radius 2 is 2.33 bits per heavy atom. The molecule has 0 unspecified atom stereocenters. The van der Waals surface area contributed by atoms with Crippen LogP contribution in [0.5, 0.6) is 0 Å². The van der Waals surface area contributed by atoms with Crippen LogP contribution in [0.1, 0.15) is 29.6 Å². The molecule has 0 aliphatic heterocycles. The summed E-state index contributed by atoms with van der Waals surface area (Å²) in [4.78, 5) is 25.5. The van der Waals surface area contributed by atoms with Gasteiger partial charge >= 0.3 is 0 Å². The van der Waals surface area contributed by atoms with Gasteiger partial charge in [0, 0.05) is 12.6 Å². The Morgan fingerprint density at radius 1 is 1.61 bits per heavy atom. The second-order valence-corrected chi connectivity index (χ2v) is 4.65. The molecular weight excluding hydrogens is 258 g/mol. The van der Waals surface area contributed by atoms with Crippen LogP contribution in [0.15, 0.2) is 12.3 Å². The number of hydrogen-bond acceptors (Lipinski definition) is 4. The fraction of sp³-hybridized carbons (Fsp3) is 0.455. The molecule has 0 saturated heterocycles. The number of nitrogens with one attached hydrogen (secondary N) is 1. The number of halogens is 1. The molecule has 6 nitrogen and oxygen atoms in total. The van der Waals surface area contributed by atoms with Crippen LogP contribution in [0, 0.1) is 16.0 Å². The van der Waals surface area contributed by atoms with Gasteiger partial charge in [-0.05, 0) is 18.8 Å². The van der Waals surface area contributed by atoms with Gasteiger partial charge < -0.3 is 5.32 Å². The van der Waals surface area contributed by atoms with E-state index in [1.54, 1.807) is 0 Å². The van der Waals surface area contributed by atoms with Crippen molar-refractivity contribution in [3.8, 4) is 0 Å². The van der Waals surface area contributed by atoms with Gasteiger partial charge in [-0.2, -0.15) is 0 Å². The number of amides is 1. The van der Waals surface area contributed by atoms with Crippen LogP contribution < -0.4 is 5.32 Å². The zero-order chi connectivity index (χ0) is 13.1. The van der Waals surface area contributed by atoms with Crippen molar-refractivity contribution in [1.29, 1.82) is 0 Å².